The quantitative estimate of drug-likeness (QED) is 0.0477. The van der Waals surface area contributed by atoms with E-state index in [9.17, 15) is 15.0 Å². The van der Waals surface area contributed by atoms with Crippen LogP contribution >= 0.6 is 0 Å². The molecule has 0 aromatic rings. The molecule has 1 heterocycles. The van der Waals surface area contributed by atoms with Gasteiger partial charge in [0.15, 0.2) is 0 Å². The molecule has 0 saturated carbocycles. The Bertz CT molecular complexity index is 841. The summed E-state index contributed by atoms with van der Waals surface area (Å²) in [6, 6.07) is -0.667. The number of allylic oxidation sites excluding steroid dienone is 9. The van der Waals surface area contributed by atoms with Crippen LogP contribution in [0.15, 0.2) is 72.9 Å². The van der Waals surface area contributed by atoms with Crippen LogP contribution in [-0.4, -0.2) is 47.1 Å². The van der Waals surface area contributed by atoms with Gasteiger partial charge in [0, 0.05) is 6.42 Å². The summed E-state index contributed by atoms with van der Waals surface area (Å²) in [5, 5.41) is 22.7. The van der Waals surface area contributed by atoms with Gasteiger partial charge in [-0.15, -0.1) is 0 Å². The van der Waals surface area contributed by atoms with Gasteiger partial charge in [-0.25, -0.2) is 0 Å². The molecule has 1 saturated heterocycles. The van der Waals surface area contributed by atoms with Gasteiger partial charge in [-0.2, -0.15) is 0 Å². The third-order valence-electron chi connectivity index (χ3n) is 7.61. The first kappa shape index (κ1) is 38.8. The number of ether oxygens (including phenoxy) is 1. The van der Waals surface area contributed by atoms with E-state index in [1.165, 1.54) is 51.4 Å². The molecule has 3 N–H and O–H groups in total. The lowest BCUT2D eigenvalue weighted by atomic mass is 10.1. The van der Waals surface area contributed by atoms with Crippen LogP contribution in [0.1, 0.15) is 129 Å². The molecule has 5 heteroatoms. The topological polar surface area (TPSA) is 82.1 Å². The largest absolute Gasteiger partial charge is 0.394 e. The standard InChI is InChI=1S/C38H63NO4/c1-3-5-7-8-9-10-13-16-19-22-26-29-35(41)34(33-40)39-38(42)32-28-24-21-18-15-12-11-14-17-20-23-27-31-37-36(43-37)30-25-6-4-2/h6,12,14-15,17,21,23-27,29,34-37,40-41H,3-5,7-11,13,16,18-20,22,28,30-33H2,1-2H3,(H,39,42)/b15-12-,17-14-,24-21-,25-6-,27-23-,29-26+/t34-,35+,36?,37?/m0/s1. The van der Waals surface area contributed by atoms with Gasteiger partial charge in [-0.3, -0.25) is 4.79 Å². The van der Waals surface area contributed by atoms with E-state index in [2.05, 4.69) is 73.8 Å². The van der Waals surface area contributed by atoms with E-state index in [4.69, 9.17) is 4.74 Å². The van der Waals surface area contributed by atoms with Crippen molar-refractivity contribution in [2.45, 2.75) is 154 Å². The van der Waals surface area contributed by atoms with Gasteiger partial charge in [0.1, 0.15) is 0 Å². The minimum Gasteiger partial charge on any atom is -0.394 e. The zero-order valence-corrected chi connectivity index (χ0v) is 27.4. The van der Waals surface area contributed by atoms with Crippen LogP contribution in [0.5, 0.6) is 0 Å². The molecular weight excluding hydrogens is 534 g/mol. The highest BCUT2D eigenvalue weighted by molar-refractivity contribution is 5.76. The number of carbonyl (C=O) groups excluding carboxylic acids is 1. The molecule has 1 aliphatic heterocycles. The van der Waals surface area contributed by atoms with Crippen molar-refractivity contribution in [3.63, 3.8) is 0 Å². The number of amides is 1. The van der Waals surface area contributed by atoms with Crippen LogP contribution in [0.25, 0.3) is 0 Å². The van der Waals surface area contributed by atoms with E-state index < -0.39 is 12.1 Å². The maximum Gasteiger partial charge on any atom is 0.220 e. The number of unbranched alkanes of at least 4 members (excludes halogenated alkanes) is 9. The third kappa shape index (κ3) is 23.9. The van der Waals surface area contributed by atoms with Gasteiger partial charge in [-0.05, 0) is 57.8 Å². The zero-order valence-electron chi connectivity index (χ0n) is 27.4. The molecule has 0 spiro atoms. The monoisotopic (exact) mass is 597 g/mol. The van der Waals surface area contributed by atoms with Gasteiger partial charge in [0.2, 0.25) is 5.91 Å². The van der Waals surface area contributed by atoms with E-state index in [-0.39, 0.29) is 12.5 Å². The number of aliphatic hydroxyl groups excluding tert-OH is 2. The molecule has 1 rings (SSSR count). The summed E-state index contributed by atoms with van der Waals surface area (Å²) in [7, 11) is 0. The van der Waals surface area contributed by atoms with Crippen molar-refractivity contribution in [2.24, 2.45) is 0 Å². The Hall–Kier alpha value is -2.21. The number of aliphatic hydroxyl groups is 2. The van der Waals surface area contributed by atoms with Gasteiger partial charge in [0.05, 0.1) is 31.0 Å². The molecule has 1 fully saturated rings. The third-order valence-corrected chi connectivity index (χ3v) is 7.61. The average molecular weight is 598 g/mol. The predicted molar refractivity (Wildman–Crippen MR) is 183 cm³/mol. The molecule has 0 radical (unpaired) electrons. The summed E-state index contributed by atoms with van der Waals surface area (Å²) >= 11 is 0. The summed E-state index contributed by atoms with van der Waals surface area (Å²) in [6.07, 6.45) is 44.6. The van der Waals surface area contributed by atoms with Crippen molar-refractivity contribution >= 4 is 5.91 Å². The fraction of sp³-hybridized carbons (Fsp3) is 0.658. The molecule has 4 atom stereocenters. The van der Waals surface area contributed by atoms with Crippen LogP contribution in [-0.2, 0) is 9.53 Å². The van der Waals surface area contributed by atoms with Crippen LogP contribution in [0, 0.1) is 0 Å². The van der Waals surface area contributed by atoms with Crippen molar-refractivity contribution in [1.82, 2.24) is 5.32 Å². The van der Waals surface area contributed by atoms with Crippen LogP contribution in [0.2, 0.25) is 0 Å². The Balaban J connectivity index is 2.03. The Morgan fingerprint density at radius 3 is 1.81 bits per heavy atom. The average Bonchev–Trinajstić information content (AvgIpc) is 3.76. The lowest BCUT2D eigenvalue weighted by Crippen LogP contribution is -2.45. The number of carbonyl (C=O) groups is 1. The highest BCUT2D eigenvalue weighted by Gasteiger charge is 2.35. The van der Waals surface area contributed by atoms with Gasteiger partial charge >= 0.3 is 0 Å². The second kappa shape index (κ2) is 28.6. The maximum atomic E-state index is 12.3. The van der Waals surface area contributed by atoms with E-state index >= 15 is 0 Å². The first-order chi connectivity index (χ1) is 21.1. The molecule has 0 aromatic heterocycles. The van der Waals surface area contributed by atoms with Crippen molar-refractivity contribution < 1.29 is 19.7 Å². The smallest absolute Gasteiger partial charge is 0.220 e. The highest BCUT2D eigenvalue weighted by Crippen LogP contribution is 2.29. The molecule has 5 nitrogen and oxygen atoms in total. The minimum atomic E-state index is -0.874. The van der Waals surface area contributed by atoms with E-state index in [0.717, 1.165) is 51.4 Å². The Kier molecular flexibility index (Phi) is 25.8. The molecule has 0 aromatic carbocycles. The maximum absolute atomic E-state index is 12.3. The molecule has 1 aliphatic rings. The lowest BCUT2D eigenvalue weighted by Gasteiger charge is -2.19. The van der Waals surface area contributed by atoms with Crippen LogP contribution in [0.3, 0.4) is 0 Å². The Morgan fingerprint density at radius 1 is 0.698 bits per heavy atom. The number of rotatable bonds is 28. The first-order valence-corrected chi connectivity index (χ1v) is 17.3. The fourth-order valence-corrected chi connectivity index (χ4v) is 4.83. The second-order valence-electron chi connectivity index (χ2n) is 11.6. The van der Waals surface area contributed by atoms with Crippen molar-refractivity contribution in [3.8, 4) is 0 Å². The minimum absolute atomic E-state index is 0.154. The highest BCUT2D eigenvalue weighted by atomic mass is 16.6. The summed E-state index contributed by atoms with van der Waals surface area (Å²) in [5.74, 6) is -0.154. The van der Waals surface area contributed by atoms with Gasteiger partial charge < -0.3 is 20.3 Å². The first-order valence-electron chi connectivity index (χ1n) is 17.3. The fourth-order valence-electron chi connectivity index (χ4n) is 4.83. The lowest BCUT2D eigenvalue weighted by molar-refractivity contribution is -0.122. The Labute approximate surface area is 264 Å². The van der Waals surface area contributed by atoms with E-state index in [0.29, 0.717) is 25.0 Å². The summed E-state index contributed by atoms with van der Waals surface area (Å²) in [5.41, 5.74) is 0. The summed E-state index contributed by atoms with van der Waals surface area (Å²) in [4.78, 5) is 12.3. The van der Waals surface area contributed by atoms with E-state index in [1.807, 2.05) is 12.2 Å². The van der Waals surface area contributed by atoms with E-state index in [1.54, 1.807) is 6.08 Å². The number of hydrogen-bond donors (Lipinski definition) is 3. The van der Waals surface area contributed by atoms with Crippen molar-refractivity contribution in [2.75, 3.05) is 6.61 Å². The molecule has 0 bridgehead atoms. The summed E-state index contributed by atoms with van der Waals surface area (Å²) in [6.45, 7) is 4.11. The molecule has 1 amide bonds. The van der Waals surface area contributed by atoms with Crippen LogP contribution < -0.4 is 5.32 Å². The number of epoxide rings is 1. The number of hydrogen-bond acceptors (Lipinski definition) is 4. The molecule has 244 valence electrons. The molecule has 0 aliphatic carbocycles. The molecule has 43 heavy (non-hydrogen) atoms. The van der Waals surface area contributed by atoms with Crippen molar-refractivity contribution in [3.05, 3.63) is 72.9 Å². The molecule has 2 unspecified atom stereocenters. The molecular formula is C38H63NO4. The Morgan fingerprint density at radius 2 is 1.23 bits per heavy atom. The predicted octanol–water partition coefficient (Wildman–Crippen LogP) is 8.99. The number of nitrogens with one attached hydrogen (secondary N) is 1. The second-order valence-corrected chi connectivity index (χ2v) is 11.6. The zero-order chi connectivity index (χ0) is 31.2. The normalized spacial score (nSPS) is 18.8. The van der Waals surface area contributed by atoms with Gasteiger partial charge in [-0.1, -0.05) is 138 Å². The SMILES string of the molecule is CC/C=C\CC1OC1C/C=C\C/C=C\C/C=C\C/C=C\CCC(=O)N[C@@H](CO)[C@H](O)/C=C/CCCCCCCCCCC. The summed E-state index contributed by atoms with van der Waals surface area (Å²) < 4.78 is 5.67. The van der Waals surface area contributed by atoms with Crippen LogP contribution in [0.4, 0.5) is 0 Å². The van der Waals surface area contributed by atoms with Crippen molar-refractivity contribution in [1.29, 1.82) is 0 Å². The van der Waals surface area contributed by atoms with Gasteiger partial charge in [0.25, 0.3) is 0 Å².